The summed E-state index contributed by atoms with van der Waals surface area (Å²) in [5.41, 5.74) is 6.68. The Morgan fingerprint density at radius 3 is 2.41 bits per heavy atom. The molecule has 0 spiro atoms. The van der Waals surface area contributed by atoms with Crippen molar-refractivity contribution in [3.63, 3.8) is 0 Å². The van der Waals surface area contributed by atoms with Gasteiger partial charge in [-0.1, -0.05) is 0 Å². The van der Waals surface area contributed by atoms with E-state index in [-0.39, 0.29) is 6.01 Å². The molecule has 2 aromatic rings. The summed E-state index contributed by atoms with van der Waals surface area (Å²) in [5.74, 6) is -2.47. The van der Waals surface area contributed by atoms with Gasteiger partial charge in [0.25, 0.3) is 6.01 Å². The van der Waals surface area contributed by atoms with Gasteiger partial charge in [0.15, 0.2) is 11.5 Å². The standard InChI is InChI=1S/C8H11N5O2.C2HF3O2/c1-3-15-8-11-5(9)4-6(13-8)12-7(10-4)14-2;3-2(4,5)1(6)7/h3H2,1-2H3,(H3,9,10,11,12,13);(H,6,7). The number of hydrogen-bond acceptors (Lipinski definition) is 7. The van der Waals surface area contributed by atoms with E-state index >= 15 is 0 Å². The Balaban J connectivity index is 0.000000295. The zero-order valence-corrected chi connectivity index (χ0v) is 11.4. The van der Waals surface area contributed by atoms with Gasteiger partial charge in [-0.15, -0.1) is 0 Å². The Labute approximate surface area is 121 Å². The number of aliphatic carboxylic acids is 1. The summed E-state index contributed by atoms with van der Waals surface area (Å²) in [5, 5.41) is 7.12. The molecule has 22 heavy (non-hydrogen) atoms. The molecule has 0 unspecified atom stereocenters. The SMILES string of the molecule is CCOc1nc(N)c2[nH]c(OC)nc2n1.O=C(O)C(F)(F)F. The van der Waals surface area contributed by atoms with E-state index in [9.17, 15) is 13.2 Å². The minimum Gasteiger partial charge on any atom is -0.475 e. The lowest BCUT2D eigenvalue weighted by Crippen LogP contribution is -2.21. The molecule has 0 amide bonds. The van der Waals surface area contributed by atoms with Crippen LogP contribution in [0.3, 0.4) is 0 Å². The van der Waals surface area contributed by atoms with E-state index in [1.807, 2.05) is 6.92 Å². The van der Waals surface area contributed by atoms with E-state index in [1.54, 1.807) is 0 Å². The van der Waals surface area contributed by atoms with Crippen molar-refractivity contribution in [3.8, 4) is 12.0 Å². The minimum absolute atomic E-state index is 0.219. The lowest BCUT2D eigenvalue weighted by Gasteiger charge is -2.00. The molecule has 0 aliphatic heterocycles. The molecule has 0 aliphatic rings. The molecule has 0 atom stereocenters. The van der Waals surface area contributed by atoms with Gasteiger partial charge in [-0.3, -0.25) is 0 Å². The van der Waals surface area contributed by atoms with Crippen LogP contribution in [0.2, 0.25) is 0 Å². The normalized spacial score (nSPS) is 10.8. The highest BCUT2D eigenvalue weighted by atomic mass is 19.4. The van der Waals surface area contributed by atoms with E-state index in [2.05, 4.69) is 19.9 Å². The van der Waals surface area contributed by atoms with Crippen LogP contribution in [0.25, 0.3) is 11.2 Å². The van der Waals surface area contributed by atoms with Crippen LogP contribution in [0.4, 0.5) is 19.0 Å². The number of methoxy groups -OCH3 is 1. The molecule has 122 valence electrons. The highest BCUT2D eigenvalue weighted by molar-refractivity contribution is 5.82. The first-order valence-corrected chi connectivity index (χ1v) is 5.69. The van der Waals surface area contributed by atoms with Crippen LogP contribution in [0.15, 0.2) is 0 Å². The lowest BCUT2D eigenvalue weighted by molar-refractivity contribution is -0.192. The summed E-state index contributed by atoms with van der Waals surface area (Å²) in [7, 11) is 1.50. The number of aromatic amines is 1. The number of nitrogens with zero attached hydrogens (tertiary/aromatic N) is 3. The largest absolute Gasteiger partial charge is 0.490 e. The number of nitrogens with two attached hydrogens (primary N) is 1. The number of carbonyl (C=O) groups is 1. The number of fused-ring (bicyclic) bond motifs is 1. The highest BCUT2D eigenvalue weighted by Crippen LogP contribution is 2.20. The van der Waals surface area contributed by atoms with Crippen molar-refractivity contribution in [1.82, 2.24) is 19.9 Å². The summed E-state index contributed by atoms with van der Waals surface area (Å²) in [4.78, 5) is 23.8. The van der Waals surface area contributed by atoms with Crippen LogP contribution in [-0.2, 0) is 4.79 Å². The maximum absolute atomic E-state index is 10.6. The monoisotopic (exact) mass is 323 g/mol. The Kier molecular flexibility index (Phi) is 5.32. The van der Waals surface area contributed by atoms with Crippen LogP contribution in [0, 0.1) is 0 Å². The van der Waals surface area contributed by atoms with Gasteiger partial charge in [0.1, 0.15) is 5.52 Å². The molecule has 0 saturated carbocycles. The summed E-state index contributed by atoms with van der Waals surface area (Å²) in [6, 6.07) is 0.566. The third-order valence-corrected chi connectivity index (χ3v) is 2.05. The Hall–Kier alpha value is -2.79. The van der Waals surface area contributed by atoms with Gasteiger partial charge in [0.05, 0.1) is 13.7 Å². The number of aromatic nitrogens is 4. The fourth-order valence-electron chi connectivity index (χ4n) is 1.17. The zero-order valence-electron chi connectivity index (χ0n) is 11.4. The predicted molar refractivity (Wildman–Crippen MR) is 67.5 cm³/mol. The summed E-state index contributed by atoms with van der Waals surface area (Å²) >= 11 is 0. The van der Waals surface area contributed by atoms with Crippen LogP contribution in [-0.4, -0.2) is 50.9 Å². The molecule has 2 heterocycles. The Morgan fingerprint density at radius 2 is 1.95 bits per heavy atom. The maximum atomic E-state index is 10.6. The maximum Gasteiger partial charge on any atom is 0.490 e. The number of nitrogen functional groups attached to an aromatic ring is 1. The molecule has 0 bridgehead atoms. The van der Waals surface area contributed by atoms with Crippen LogP contribution in [0.5, 0.6) is 12.0 Å². The van der Waals surface area contributed by atoms with Gasteiger partial charge in [-0.05, 0) is 6.92 Å². The van der Waals surface area contributed by atoms with E-state index in [0.29, 0.717) is 29.6 Å². The van der Waals surface area contributed by atoms with E-state index in [1.165, 1.54) is 7.11 Å². The second-order valence-electron chi connectivity index (χ2n) is 3.57. The summed E-state index contributed by atoms with van der Waals surface area (Å²) < 4.78 is 41.8. The number of imidazole rings is 1. The molecule has 12 heteroatoms. The first kappa shape index (κ1) is 17.3. The molecule has 9 nitrogen and oxygen atoms in total. The zero-order chi connectivity index (χ0) is 16.9. The van der Waals surface area contributed by atoms with Gasteiger partial charge in [0, 0.05) is 0 Å². The predicted octanol–water partition coefficient (Wildman–Crippen LogP) is 0.976. The number of anilines is 1. The average molecular weight is 323 g/mol. The fourth-order valence-corrected chi connectivity index (χ4v) is 1.17. The number of halogens is 3. The summed E-state index contributed by atoms with van der Waals surface area (Å²) in [6.07, 6.45) is -5.08. The van der Waals surface area contributed by atoms with Crippen molar-refractivity contribution in [1.29, 1.82) is 0 Å². The number of alkyl halides is 3. The molecule has 0 radical (unpaired) electrons. The van der Waals surface area contributed by atoms with Gasteiger partial charge in [-0.25, -0.2) is 4.79 Å². The number of carboxylic acids is 1. The molecule has 2 rings (SSSR count). The smallest absolute Gasteiger partial charge is 0.475 e. The van der Waals surface area contributed by atoms with Crippen LogP contribution < -0.4 is 15.2 Å². The molecule has 4 N–H and O–H groups in total. The number of ether oxygens (including phenoxy) is 2. The molecule has 0 saturated heterocycles. The Bertz CT molecular complexity index is 658. The van der Waals surface area contributed by atoms with Crippen molar-refractivity contribution in [3.05, 3.63) is 0 Å². The number of rotatable bonds is 3. The first-order valence-electron chi connectivity index (χ1n) is 5.69. The van der Waals surface area contributed by atoms with Gasteiger partial charge in [0.2, 0.25) is 0 Å². The van der Waals surface area contributed by atoms with Gasteiger partial charge < -0.3 is 25.3 Å². The second kappa shape index (κ2) is 6.78. The number of H-pyrrole nitrogens is 1. The lowest BCUT2D eigenvalue weighted by atomic mass is 10.5. The van der Waals surface area contributed by atoms with Crippen molar-refractivity contribution in [2.75, 3.05) is 19.5 Å². The molecule has 0 fully saturated rings. The average Bonchev–Trinajstić information content (AvgIpc) is 2.82. The van der Waals surface area contributed by atoms with Crippen molar-refractivity contribution >= 4 is 23.0 Å². The van der Waals surface area contributed by atoms with Crippen molar-refractivity contribution in [2.45, 2.75) is 13.1 Å². The Morgan fingerprint density at radius 1 is 1.36 bits per heavy atom. The summed E-state index contributed by atoms with van der Waals surface area (Å²) in [6.45, 7) is 2.32. The molecular formula is C10H12F3N5O4. The third-order valence-electron chi connectivity index (χ3n) is 2.05. The molecule has 0 aromatic carbocycles. The quantitative estimate of drug-likeness (QED) is 0.760. The molecule has 0 aliphatic carbocycles. The number of nitrogens with one attached hydrogen (secondary N) is 1. The number of hydrogen-bond donors (Lipinski definition) is 3. The number of carboxylic acid groups (broad SMARTS) is 1. The topological polar surface area (TPSA) is 136 Å². The third kappa shape index (κ3) is 4.36. The minimum atomic E-state index is -5.08. The van der Waals surface area contributed by atoms with Crippen molar-refractivity contribution in [2.24, 2.45) is 0 Å². The fraction of sp³-hybridized carbons (Fsp3) is 0.400. The second-order valence-corrected chi connectivity index (χ2v) is 3.57. The molecular weight excluding hydrogens is 311 g/mol. The van der Waals surface area contributed by atoms with Crippen LogP contribution >= 0.6 is 0 Å². The van der Waals surface area contributed by atoms with Crippen LogP contribution in [0.1, 0.15) is 6.92 Å². The molecule has 2 aromatic heterocycles. The van der Waals surface area contributed by atoms with E-state index < -0.39 is 12.1 Å². The highest BCUT2D eigenvalue weighted by Gasteiger charge is 2.38. The van der Waals surface area contributed by atoms with E-state index in [4.69, 9.17) is 25.1 Å². The first-order chi connectivity index (χ1) is 10.2. The van der Waals surface area contributed by atoms with Gasteiger partial charge >= 0.3 is 18.2 Å². The van der Waals surface area contributed by atoms with Gasteiger partial charge in [-0.2, -0.15) is 28.1 Å². The van der Waals surface area contributed by atoms with E-state index in [0.717, 1.165) is 0 Å². The van der Waals surface area contributed by atoms with Crippen molar-refractivity contribution < 1.29 is 32.5 Å².